The van der Waals surface area contributed by atoms with E-state index in [2.05, 4.69) is 63.1 Å². The maximum atomic E-state index is 14.1. The van der Waals surface area contributed by atoms with E-state index in [1.165, 1.54) is 64.2 Å². The number of carbonyl (C=O) groups is 1. The lowest BCUT2D eigenvalue weighted by Gasteiger charge is -2.42. The summed E-state index contributed by atoms with van der Waals surface area (Å²) in [7, 11) is 5.01. The lowest BCUT2D eigenvalue weighted by atomic mass is 9.95. The van der Waals surface area contributed by atoms with Gasteiger partial charge in [-0.3, -0.25) is 4.79 Å². The molecule has 36 heavy (non-hydrogen) atoms. The largest absolute Gasteiger partial charge is 0.327 e. The minimum Gasteiger partial charge on any atom is -0.327 e. The zero-order chi connectivity index (χ0) is 25.0. The van der Waals surface area contributed by atoms with Crippen molar-refractivity contribution in [3.8, 4) is 0 Å². The SMILES string of the molecule is CN(C(=O)[C@H]1C[C@@H](P(C2CCCCC2)C2CCCCC2)CN1)C(P)(c1ccccc1)c1ccccc1. The second-order valence-electron chi connectivity index (χ2n) is 11.3. The normalized spacial score (nSPS) is 24.2. The summed E-state index contributed by atoms with van der Waals surface area (Å²) in [6.45, 7) is 1.03. The highest BCUT2D eigenvalue weighted by Crippen LogP contribution is 2.60. The van der Waals surface area contributed by atoms with E-state index in [4.69, 9.17) is 0 Å². The molecule has 5 heteroatoms. The van der Waals surface area contributed by atoms with Crippen molar-refractivity contribution in [2.75, 3.05) is 13.6 Å². The Balaban J connectivity index is 1.36. The first-order valence-corrected chi connectivity index (χ1v) is 16.4. The molecule has 1 N–H and O–H groups in total. The number of amides is 1. The summed E-state index contributed by atoms with van der Waals surface area (Å²) >= 11 is 0. The average Bonchev–Trinajstić information content (AvgIpc) is 3.44. The van der Waals surface area contributed by atoms with Crippen LogP contribution in [0.3, 0.4) is 0 Å². The first kappa shape index (κ1) is 26.3. The van der Waals surface area contributed by atoms with Crippen molar-refractivity contribution in [3.63, 3.8) is 0 Å². The molecule has 3 aliphatic rings. The van der Waals surface area contributed by atoms with Gasteiger partial charge in [-0.15, -0.1) is 0 Å². The monoisotopic (exact) mass is 522 g/mol. The highest BCUT2D eigenvalue weighted by molar-refractivity contribution is 7.60. The van der Waals surface area contributed by atoms with Crippen LogP contribution >= 0.6 is 17.2 Å². The summed E-state index contributed by atoms with van der Waals surface area (Å²) in [5, 5.41) is 3.15. The quantitative estimate of drug-likeness (QED) is 0.394. The molecule has 0 spiro atoms. The molecule has 2 saturated carbocycles. The van der Waals surface area contributed by atoms with Crippen LogP contribution in [0, 0.1) is 0 Å². The molecule has 1 amide bonds. The lowest BCUT2D eigenvalue weighted by Crippen LogP contribution is -2.50. The highest BCUT2D eigenvalue weighted by atomic mass is 31.1. The molecular weight excluding hydrogens is 478 g/mol. The molecule has 2 aromatic carbocycles. The van der Waals surface area contributed by atoms with Gasteiger partial charge in [0.05, 0.1) is 6.04 Å². The van der Waals surface area contributed by atoms with Crippen LogP contribution in [0.25, 0.3) is 0 Å². The van der Waals surface area contributed by atoms with Crippen LogP contribution in [0.4, 0.5) is 0 Å². The standard InChI is InChI=1S/C31H44N2OP2/c1-33(31(35,24-14-6-2-7-15-24)25-16-8-3-9-17-25)30(34)29-22-28(23-32-29)36(26-18-10-4-11-19-26)27-20-12-5-13-21-27/h2-3,6-9,14-17,26-29,32H,4-5,10-13,18-23,35H2,1H3/t28-,29-/m1/s1. The van der Waals surface area contributed by atoms with Crippen LogP contribution in [0.1, 0.15) is 81.8 Å². The molecule has 2 aliphatic carbocycles. The number of benzene rings is 2. The van der Waals surface area contributed by atoms with Crippen molar-refractivity contribution in [1.29, 1.82) is 0 Å². The third-order valence-electron chi connectivity index (χ3n) is 9.11. The smallest absolute Gasteiger partial charge is 0.240 e. The number of rotatable bonds is 7. The van der Waals surface area contributed by atoms with Crippen LogP contribution in [0.15, 0.2) is 60.7 Å². The Hall–Kier alpha value is -1.27. The number of nitrogens with one attached hydrogen (secondary N) is 1. The van der Waals surface area contributed by atoms with Crippen LogP contribution in [0.2, 0.25) is 0 Å². The lowest BCUT2D eigenvalue weighted by molar-refractivity contribution is -0.134. The first-order valence-electron chi connectivity index (χ1n) is 14.3. The Morgan fingerprint density at radius 3 is 1.75 bits per heavy atom. The van der Waals surface area contributed by atoms with Gasteiger partial charge in [0.2, 0.25) is 5.91 Å². The van der Waals surface area contributed by atoms with Crippen LogP contribution in [0.5, 0.6) is 0 Å². The molecule has 0 bridgehead atoms. The third-order valence-corrected chi connectivity index (χ3v) is 14.1. The van der Waals surface area contributed by atoms with Gasteiger partial charge in [0.15, 0.2) is 0 Å². The van der Waals surface area contributed by atoms with Gasteiger partial charge in [-0.1, -0.05) is 116 Å². The maximum absolute atomic E-state index is 14.1. The van der Waals surface area contributed by atoms with Crippen molar-refractivity contribution in [2.45, 2.75) is 98.9 Å². The van der Waals surface area contributed by atoms with E-state index in [1.807, 2.05) is 24.1 Å². The Morgan fingerprint density at radius 2 is 1.28 bits per heavy atom. The molecule has 1 unspecified atom stereocenters. The molecule has 0 radical (unpaired) electrons. The van der Waals surface area contributed by atoms with Gasteiger partial charge in [0.1, 0.15) is 5.28 Å². The number of hydrogen-bond donors (Lipinski definition) is 1. The number of hydrogen-bond acceptors (Lipinski definition) is 2. The van der Waals surface area contributed by atoms with Crippen molar-refractivity contribution in [3.05, 3.63) is 71.8 Å². The highest BCUT2D eigenvalue weighted by Gasteiger charge is 2.44. The third kappa shape index (κ3) is 5.45. The first-order chi connectivity index (χ1) is 17.6. The van der Waals surface area contributed by atoms with Crippen molar-refractivity contribution in [1.82, 2.24) is 10.2 Å². The molecule has 0 aromatic heterocycles. The number of nitrogens with zero attached hydrogens (tertiary/aromatic N) is 1. The topological polar surface area (TPSA) is 32.3 Å². The molecule has 1 saturated heterocycles. The Bertz CT molecular complexity index is 915. The molecule has 3 nitrogen and oxygen atoms in total. The van der Waals surface area contributed by atoms with Crippen LogP contribution in [-0.4, -0.2) is 47.4 Å². The second-order valence-corrected chi connectivity index (χ2v) is 15.2. The summed E-state index contributed by atoms with van der Waals surface area (Å²) in [5.74, 6) is 0.224. The van der Waals surface area contributed by atoms with Gasteiger partial charge in [-0.05, 0) is 60.2 Å². The minimum absolute atomic E-state index is 0.0230. The van der Waals surface area contributed by atoms with Gasteiger partial charge < -0.3 is 10.2 Å². The summed E-state index contributed by atoms with van der Waals surface area (Å²) in [6, 6.07) is 20.8. The van der Waals surface area contributed by atoms with Crippen molar-refractivity contribution in [2.24, 2.45) is 0 Å². The van der Waals surface area contributed by atoms with Gasteiger partial charge in [0.25, 0.3) is 0 Å². The van der Waals surface area contributed by atoms with E-state index < -0.39 is 5.28 Å². The Labute approximate surface area is 222 Å². The van der Waals surface area contributed by atoms with E-state index in [1.54, 1.807) is 0 Å². The Kier molecular flexibility index (Phi) is 8.83. The molecule has 2 aromatic rings. The second kappa shape index (κ2) is 12.1. The van der Waals surface area contributed by atoms with Gasteiger partial charge in [0, 0.05) is 13.6 Å². The minimum atomic E-state index is -0.586. The van der Waals surface area contributed by atoms with E-state index >= 15 is 0 Å². The van der Waals surface area contributed by atoms with E-state index in [0.717, 1.165) is 35.4 Å². The zero-order valence-corrected chi connectivity index (χ0v) is 24.0. The van der Waals surface area contributed by atoms with E-state index in [9.17, 15) is 4.79 Å². The van der Waals surface area contributed by atoms with Crippen LogP contribution < -0.4 is 5.32 Å². The molecule has 194 valence electrons. The molecule has 5 rings (SSSR count). The fourth-order valence-electron chi connectivity index (χ4n) is 7.13. The Morgan fingerprint density at radius 1 is 0.806 bits per heavy atom. The van der Waals surface area contributed by atoms with E-state index in [-0.39, 0.29) is 19.9 Å². The summed E-state index contributed by atoms with van der Waals surface area (Å²) in [6.07, 6.45) is 15.3. The van der Waals surface area contributed by atoms with Crippen molar-refractivity contribution >= 4 is 23.1 Å². The van der Waals surface area contributed by atoms with E-state index in [0.29, 0.717) is 5.66 Å². The summed E-state index contributed by atoms with van der Waals surface area (Å²) < 4.78 is 0. The fourth-order valence-corrected chi connectivity index (χ4v) is 12.1. The predicted molar refractivity (Wildman–Crippen MR) is 157 cm³/mol. The molecule has 1 aliphatic heterocycles. The van der Waals surface area contributed by atoms with Crippen LogP contribution in [-0.2, 0) is 10.1 Å². The zero-order valence-electron chi connectivity index (χ0n) is 21.9. The van der Waals surface area contributed by atoms with Gasteiger partial charge in [-0.25, -0.2) is 0 Å². The molecule has 3 atom stereocenters. The van der Waals surface area contributed by atoms with Crippen molar-refractivity contribution < 1.29 is 4.79 Å². The average molecular weight is 523 g/mol. The summed E-state index contributed by atoms with van der Waals surface area (Å²) in [4.78, 5) is 16.1. The fraction of sp³-hybridized carbons (Fsp3) is 0.581. The molecular formula is C31H44N2OP2. The van der Waals surface area contributed by atoms with Gasteiger partial charge in [-0.2, -0.15) is 0 Å². The predicted octanol–water partition coefficient (Wildman–Crippen LogP) is 7.10. The van der Waals surface area contributed by atoms with Gasteiger partial charge >= 0.3 is 0 Å². The molecule has 1 heterocycles. The maximum Gasteiger partial charge on any atom is 0.240 e. The summed E-state index contributed by atoms with van der Waals surface area (Å²) in [5.41, 5.74) is 4.81. The number of carbonyl (C=O) groups excluding carboxylic acids is 1. The molecule has 3 fully saturated rings. The number of likely N-dealkylation sites (N-methyl/N-ethyl adjacent to an activating group) is 1.